The van der Waals surface area contributed by atoms with E-state index in [1.807, 2.05) is 0 Å². The summed E-state index contributed by atoms with van der Waals surface area (Å²) in [7, 11) is 0. The second kappa shape index (κ2) is 5.60. The first-order chi connectivity index (χ1) is 8.19. The number of aromatic nitrogens is 2. The molecule has 0 spiro atoms. The molecule has 17 heavy (non-hydrogen) atoms. The molecule has 1 fully saturated rings. The molecule has 0 bridgehead atoms. The standard InChI is InChI=1S/C12H21N3O2/c1-9(2)6-12-13-11(14-17-12)7-15-5-3-4-10(15)8-16/h9-10,16H,3-8H2,1-2H3. The van der Waals surface area contributed by atoms with E-state index in [2.05, 4.69) is 28.9 Å². The average Bonchev–Trinajstić information content (AvgIpc) is 2.87. The maximum atomic E-state index is 9.23. The van der Waals surface area contributed by atoms with E-state index in [9.17, 15) is 5.11 Å². The summed E-state index contributed by atoms with van der Waals surface area (Å²) in [5.41, 5.74) is 0. The third-order valence-corrected chi connectivity index (χ3v) is 3.15. The van der Waals surface area contributed by atoms with Gasteiger partial charge in [-0.3, -0.25) is 4.90 Å². The van der Waals surface area contributed by atoms with Crippen molar-refractivity contribution in [3.63, 3.8) is 0 Å². The Bertz CT molecular complexity index is 351. The molecule has 1 aliphatic rings. The molecular formula is C12H21N3O2. The van der Waals surface area contributed by atoms with Crippen molar-refractivity contribution in [2.45, 2.75) is 45.7 Å². The largest absolute Gasteiger partial charge is 0.395 e. The quantitative estimate of drug-likeness (QED) is 0.837. The van der Waals surface area contributed by atoms with Crippen LogP contribution in [0, 0.1) is 5.92 Å². The molecule has 2 heterocycles. The maximum absolute atomic E-state index is 9.23. The molecule has 1 atom stereocenters. The summed E-state index contributed by atoms with van der Waals surface area (Å²) in [6.45, 7) is 6.18. The van der Waals surface area contributed by atoms with Gasteiger partial charge < -0.3 is 9.63 Å². The Hall–Kier alpha value is -0.940. The average molecular weight is 239 g/mol. The van der Waals surface area contributed by atoms with E-state index in [1.165, 1.54) is 0 Å². The molecule has 1 N–H and O–H groups in total. The molecule has 2 rings (SSSR count). The van der Waals surface area contributed by atoms with Gasteiger partial charge in [-0.2, -0.15) is 4.98 Å². The Kier molecular flexibility index (Phi) is 4.12. The minimum absolute atomic E-state index is 0.219. The van der Waals surface area contributed by atoms with E-state index in [0.29, 0.717) is 12.5 Å². The highest BCUT2D eigenvalue weighted by molar-refractivity contribution is 4.90. The van der Waals surface area contributed by atoms with Crippen molar-refractivity contribution in [1.29, 1.82) is 0 Å². The third kappa shape index (κ3) is 3.26. The summed E-state index contributed by atoms with van der Waals surface area (Å²) in [4.78, 5) is 6.61. The first kappa shape index (κ1) is 12.5. The summed E-state index contributed by atoms with van der Waals surface area (Å²) in [6.07, 6.45) is 3.03. The van der Waals surface area contributed by atoms with Gasteiger partial charge in [0, 0.05) is 12.5 Å². The Morgan fingerprint density at radius 2 is 2.35 bits per heavy atom. The smallest absolute Gasteiger partial charge is 0.226 e. The van der Waals surface area contributed by atoms with Crippen LogP contribution >= 0.6 is 0 Å². The summed E-state index contributed by atoms with van der Waals surface area (Å²) in [5.74, 6) is 1.98. The lowest BCUT2D eigenvalue weighted by molar-refractivity contribution is 0.150. The van der Waals surface area contributed by atoms with Crippen molar-refractivity contribution in [1.82, 2.24) is 15.0 Å². The lowest BCUT2D eigenvalue weighted by Crippen LogP contribution is -2.32. The fourth-order valence-corrected chi connectivity index (χ4v) is 2.28. The van der Waals surface area contributed by atoms with Gasteiger partial charge in [0.1, 0.15) is 0 Å². The zero-order chi connectivity index (χ0) is 12.3. The molecule has 1 aliphatic heterocycles. The van der Waals surface area contributed by atoms with Gasteiger partial charge in [-0.25, -0.2) is 0 Å². The molecule has 96 valence electrons. The van der Waals surface area contributed by atoms with Gasteiger partial charge >= 0.3 is 0 Å². The van der Waals surface area contributed by atoms with E-state index < -0.39 is 0 Å². The maximum Gasteiger partial charge on any atom is 0.226 e. The van der Waals surface area contributed by atoms with Gasteiger partial charge in [0.15, 0.2) is 5.82 Å². The second-order valence-electron chi connectivity index (χ2n) is 5.15. The Balaban J connectivity index is 1.92. The molecule has 1 aromatic heterocycles. The number of hydrogen-bond acceptors (Lipinski definition) is 5. The van der Waals surface area contributed by atoms with Crippen molar-refractivity contribution < 1.29 is 9.63 Å². The van der Waals surface area contributed by atoms with Crippen LogP contribution in [0.15, 0.2) is 4.52 Å². The van der Waals surface area contributed by atoms with E-state index >= 15 is 0 Å². The van der Waals surface area contributed by atoms with E-state index in [-0.39, 0.29) is 12.6 Å². The molecule has 1 unspecified atom stereocenters. The predicted molar refractivity (Wildman–Crippen MR) is 63.4 cm³/mol. The van der Waals surface area contributed by atoms with Gasteiger partial charge in [0.25, 0.3) is 0 Å². The third-order valence-electron chi connectivity index (χ3n) is 3.15. The van der Waals surface area contributed by atoms with Gasteiger partial charge in [0.2, 0.25) is 5.89 Å². The highest BCUT2D eigenvalue weighted by Gasteiger charge is 2.25. The Morgan fingerprint density at radius 1 is 1.53 bits per heavy atom. The first-order valence-corrected chi connectivity index (χ1v) is 6.35. The number of rotatable bonds is 5. The van der Waals surface area contributed by atoms with Crippen LogP contribution in [0.5, 0.6) is 0 Å². The van der Waals surface area contributed by atoms with Crippen molar-refractivity contribution in [2.75, 3.05) is 13.2 Å². The monoisotopic (exact) mass is 239 g/mol. The Morgan fingerprint density at radius 3 is 3.06 bits per heavy atom. The Labute approximate surface area is 102 Å². The van der Waals surface area contributed by atoms with Gasteiger partial charge in [-0.15, -0.1) is 0 Å². The van der Waals surface area contributed by atoms with Crippen LogP contribution in [0.1, 0.15) is 38.4 Å². The SMILES string of the molecule is CC(C)Cc1nc(CN2CCCC2CO)no1. The number of nitrogens with zero attached hydrogens (tertiary/aromatic N) is 3. The van der Waals surface area contributed by atoms with Gasteiger partial charge in [0.05, 0.1) is 13.2 Å². The molecule has 5 nitrogen and oxygen atoms in total. The van der Waals surface area contributed by atoms with Crippen molar-refractivity contribution in [3.8, 4) is 0 Å². The molecule has 0 amide bonds. The number of aliphatic hydroxyl groups is 1. The van der Waals surface area contributed by atoms with Crippen LogP contribution in [-0.4, -0.2) is 39.3 Å². The highest BCUT2D eigenvalue weighted by atomic mass is 16.5. The van der Waals surface area contributed by atoms with Crippen molar-refractivity contribution >= 4 is 0 Å². The van der Waals surface area contributed by atoms with E-state index in [1.54, 1.807) is 0 Å². The lowest BCUT2D eigenvalue weighted by atomic mass is 10.1. The van der Waals surface area contributed by atoms with E-state index in [4.69, 9.17) is 4.52 Å². The fourth-order valence-electron chi connectivity index (χ4n) is 2.28. The minimum Gasteiger partial charge on any atom is -0.395 e. The van der Waals surface area contributed by atoms with E-state index in [0.717, 1.165) is 37.5 Å². The summed E-state index contributed by atoms with van der Waals surface area (Å²) >= 11 is 0. The van der Waals surface area contributed by atoms with Crippen LogP contribution in [0.25, 0.3) is 0 Å². The molecular weight excluding hydrogens is 218 g/mol. The van der Waals surface area contributed by atoms with Crippen LogP contribution in [-0.2, 0) is 13.0 Å². The summed E-state index contributed by atoms with van der Waals surface area (Å²) < 4.78 is 5.20. The number of aliphatic hydroxyl groups excluding tert-OH is 1. The molecule has 5 heteroatoms. The number of hydrogen-bond donors (Lipinski definition) is 1. The zero-order valence-corrected chi connectivity index (χ0v) is 10.6. The molecule has 1 saturated heterocycles. The van der Waals surface area contributed by atoms with Crippen LogP contribution in [0.4, 0.5) is 0 Å². The van der Waals surface area contributed by atoms with Gasteiger partial charge in [-0.05, 0) is 25.3 Å². The molecule has 1 aromatic rings. The fraction of sp³-hybridized carbons (Fsp3) is 0.833. The lowest BCUT2D eigenvalue weighted by Gasteiger charge is -2.20. The molecule has 0 saturated carbocycles. The topological polar surface area (TPSA) is 62.4 Å². The molecule has 0 radical (unpaired) electrons. The highest BCUT2D eigenvalue weighted by Crippen LogP contribution is 2.18. The normalized spacial score (nSPS) is 21.5. The predicted octanol–water partition coefficient (Wildman–Crippen LogP) is 1.22. The molecule has 0 aliphatic carbocycles. The number of likely N-dealkylation sites (tertiary alicyclic amines) is 1. The van der Waals surface area contributed by atoms with Crippen LogP contribution < -0.4 is 0 Å². The van der Waals surface area contributed by atoms with Crippen molar-refractivity contribution in [3.05, 3.63) is 11.7 Å². The van der Waals surface area contributed by atoms with Crippen LogP contribution in [0.2, 0.25) is 0 Å². The zero-order valence-electron chi connectivity index (χ0n) is 10.6. The molecule has 0 aromatic carbocycles. The summed E-state index contributed by atoms with van der Waals surface area (Å²) in [5, 5.41) is 13.2. The second-order valence-corrected chi connectivity index (χ2v) is 5.15. The summed E-state index contributed by atoms with van der Waals surface area (Å²) in [6, 6.07) is 0.266. The first-order valence-electron chi connectivity index (χ1n) is 6.35. The van der Waals surface area contributed by atoms with Gasteiger partial charge in [-0.1, -0.05) is 19.0 Å². The van der Waals surface area contributed by atoms with Crippen LogP contribution in [0.3, 0.4) is 0 Å². The minimum atomic E-state index is 0.219. The van der Waals surface area contributed by atoms with Crippen molar-refractivity contribution in [2.24, 2.45) is 5.92 Å².